The van der Waals surface area contributed by atoms with E-state index in [1.54, 1.807) is 0 Å². The third-order valence-corrected chi connectivity index (χ3v) is 9.02. The standard InChI is InChI=1S/C44H29N3/c1-3-12-33(13-4-1)43-38-18-11-17-36(42(38)37-16-7-8-19-39(37)45-43)32-24-22-30(23-25-32)31-26-28-35(29-27-31)47-41-21-10-9-20-40(41)46-44(47)34-14-5-2-6-15-34/h1-29H. The zero-order valence-corrected chi connectivity index (χ0v) is 25.6. The zero-order valence-electron chi connectivity index (χ0n) is 25.6. The van der Waals surface area contributed by atoms with Crippen molar-refractivity contribution in [3.8, 4) is 50.6 Å². The Balaban J connectivity index is 1.11. The van der Waals surface area contributed by atoms with E-state index < -0.39 is 0 Å². The molecule has 0 fully saturated rings. The molecule has 0 N–H and O–H groups in total. The Morgan fingerprint density at radius 2 is 0.936 bits per heavy atom. The summed E-state index contributed by atoms with van der Waals surface area (Å²) in [6.45, 7) is 0. The van der Waals surface area contributed by atoms with Gasteiger partial charge in [0, 0.05) is 33.0 Å². The summed E-state index contributed by atoms with van der Waals surface area (Å²) in [5.41, 5.74) is 12.1. The average Bonchev–Trinajstić information content (AvgIpc) is 3.55. The van der Waals surface area contributed by atoms with E-state index in [0.29, 0.717) is 0 Å². The summed E-state index contributed by atoms with van der Waals surface area (Å²) in [6, 6.07) is 62.0. The maximum Gasteiger partial charge on any atom is 0.145 e. The first-order valence-corrected chi connectivity index (χ1v) is 15.9. The highest BCUT2D eigenvalue weighted by atomic mass is 15.1. The zero-order chi connectivity index (χ0) is 31.2. The molecule has 0 aliphatic rings. The molecule has 0 amide bonds. The second-order valence-electron chi connectivity index (χ2n) is 11.8. The molecule has 2 aromatic heterocycles. The third-order valence-electron chi connectivity index (χ3n) is 9.02. The second kappa shape index (κ2) is 11.2. The number of hydrogen-bond acceptors (Lipinski definition) is 2. The quantitative estimate of drug-likeness (QED) is 0.184. The highest BCUT2D eigenvalue weighted by Crippen LogP contribution is 2.39. The lowest BCUT2D eigenvalue weighted by Gasteiger charge is -2.14. The minimum atomic E-state index is 0.942. The summed E-state index contributed by atoms with van der Waals surface area (Å²) < 4.78 is 2.25. The van der Waals surface area contributed by atoms with Crippen LogP contribution in [0.3, 0.4) is 0 Å². The molecule has 0 spiro atoms. The number of hydrogen-bond donors (Lipinski definition) is 0. The lowest BCUT2D eigenvalue weighted by molar-refractivity contribution is 1.10. The third kappa shape index (κ3) is 4.68. The van der Waals surface area contributed by atoms with Crippen LogP contribution in [0.2, 0.25) is 0 Å². The molecule has 9 aromatic rings. The average molecular weight is 600 g/mol. The van der Waals surface area contributed by atoms with Gasteiger partial charge in [-0.3, -0.25) is 4.57 Å². The smallest absolute Gasteiger partial charge is 0.145 e. The minimum Gasteiger partial charge on any atom is -0.292 e. The van der Waals surface area contributed by atoms with Gasteiger partial charge in [0.1, 0.15) is 5.82 Å². The molecule has 0 aliphatic carbocycles. The highest BCUT2D eigenvalue weighted by molar-refractivity contribution is 6.17. The summed E-state index contributed by atoms with van der Waals surface area (Å²) in [5.74, 6) is 0.942. The van der Waals surface area contributed by atoms with Crippen molar-refractivity contribution in [2.24, 2.45) is 0 Å². The van der Waals surface area contributed by atoms with E-state index in [4.69, 9.17) is 9.97 Å². The first kappa shape index (κ1) is 27.0. The molecule has 0 atom stereocenters. The van der Waals surface area contributed by atoms with E-state index >= 15 is 0 Å². The summed E-state index contributed by atoms with van der Waals surface area (Å²) >= 11 is 0. The summed E-state index contributed by atoms with van der Waals surface area (Å²) in [5, 5.41) is 3.56. The van der Waals surface area contributed by atoms with Crippen LogP contribution in [0.5, 0.6) is 0 Å². The molecule has 3 heteroatoms. The summed E-state index contributed by atoms with van der Waals surface area (Å²) in [6.07, 6.45) is 0. The van der Waals surface area contributed by atoms with Crippen molar-refractivity contribution in [1.82, 2.24) is 14.5 Å². The van der Waals surface area contributed by atoms with Gasteiger partial charge in [-0.1, -0.05) is 146 Å². The predicted octanol–water partition coefficient (Wildman–Crippen LogP) is 11.4. The molecule has 9 rings (SSSR count). The number of imidazole rings is 1. The molecule has 220 valence electrons. The van der Waals surface area contributed by atoms with E-state index in [2.05, 4.69) is 168 Å². The van der Waals surface area contributed by atoms with Gasteiger partial charge in [-0.05, 0) is 52.6 Å². The van der Waals surface area contributed by atoms with Crippen LogP contribution in [-0.2, 0) is 0 Å². The van der Waals surface area contributed by atoms with Crippen molar-refractivity contribution < 1.29 is 0 Å². The number of fused-ring (bicyclic) bond motifs is 4. The molecular weight excluding hydrogens is 571 g/mol. The number of benzene rings is 7. The van der Waals surface area contributed by atoms with Gasteiger partial charge in [0.15, 0.2) is 0 Å². The Morgan fingerprint density at radius 1 is 0.362 bits per heavy atom. The van der Waals surface area contributed by atoms with Crippen molar-refractivity contribution in [2.75, 3.05) is 0 Å². The number of rotatable bonds is 5. The number of aromatic nitrogens is 3. The number of pyridine rings is 1. The Morgan fingerprint density at radius 3 is 1.68 bits per heavy atom. The van der Waals surface area contributed by atoms with Gasteiger partial charge in [-0.25, -0.2) is 9.97 Å². The fourth-order valence-corrected chi connectivity index (χ4v) is 6.77. The lowest BCUT2D eigenvalue weighted by Crippen LogP contribution is -1.97. The summed E-state index contributed by atoms with van der Waals surface area (Å²) in [7, 11) is 0. The van der Waals surface area contributed by atoms with Gasteiger partial charge in [0.05, 0.1) is 22.2 Å². The van der Waals surface area contributed by atoms with E-state index in [1.165, 1.54) is 33.0 Å². The largest absolute Gasteiger partial charge is 0.292 e. The van der Waals surface area contributed by atoms with Crippen LogP contribution in [0.1, 0.15) is 0 Å². The van der Waals surface area contributed by atoms with Crippen molar-refractivity contribution in [3.05, 3.63) is 176 Å². The highest BCUT2D eigenvalue weighted by Gasteiger charge is 2.16. The second-order valence-corrected chi connectivity index (χ2v) is 11.8. The van der Waals surface area contributed by atoms with Crippen LogP contribution < -0.4 is 0 Å². The predicted molar refractivity (Wildman–Crippen MR) is 196 cm³/mol. The van der Waals surface area contributed by atoms with Gasteiger partial charge in [-0.15, -0.1) is 0 Å². The van der Waals surface area contributed by atoms with Gasteiger partial charge in [-0.2, -0.15) is 0 Å². The monoisotopic (exact) mass is 599 g/mol. The molecule has 0 aliphatic heterocycles. The summed E-state index contributed by atoms with van der Waals surface area (Å²) in [4.78, 5) is 10.1. The van der Waals surface area contributed by atoms with Crippen molar-refractivity contribution in [2.45, 2.75) is 0 Å². The van der Waals surface area contributed by atoms with Crippen molar-refractivity contribution >= 4 is 32.7 Å². The first-order chi connectivity index (χ1) is 23.3. The lowest BCUT2D eigenvalue weighted by atomic mass is 9.92. The molecular formula is C44H29N3. The van der Waals surface area contributed by atoms with E-state index in [1.807, 2.05) is 12.1 Å². The van der Waals surface area contributed by atoms with E-state index in [9.17, 15) is 0 Å². The van der Waals surface area contributed by atoms with Gasteiger partial charge >= 0.3 is 0 Å². The van der Waals surface area contributed by atoms with Gasteiger partial charge in [0.2, 0.25) is 0 Å². The maximum absolute atomic E-state index is 5.12. The van der Waals surface area contributed by atoms with Crippen molar-refractivity contribution in [3.63, 3.8) is 0 Å². The van der Waals surface area contributed by atoms with Crippen molar-refractivity contribution in [1.29, 1.82) is 0 Å². The molecule has 3 nitrogen and oxygen atoms in total. The maximum atomic E-state index is 5.12. The SMILES string of the molecule is c1ccc(-c2nc3ccccc3c3c(-c4ccc(-c5ccc(-n6c(-c7ccccc7)nc7ccccc76)cc5)cc4)cccc23)cc1. The molecule has 0 bridgehead atoms. The van der Waals surface area contributed by atoms with Crippen LogP contribution in [-0.4, -0.2) is 14.5 Å². The topological polar surface area (TPSA) is 30.7 Å². The van der Waals surface area contributed by atoms with Crippen LogP contribution >= 0.6 is 0 Å². The van der Waals surface area contributed by atoms with Crippen LogP contribution in [0, 0.1) is 0 Å². The minimum absolute atomic E-state index is 0.942. The van der Waals surface area contributed by atoms with Crippen LogP contribution in [0.15, 0.2) is 176 Å². The van der Waals surface area contributed by atoms with Gasteiger partial charge < -0.3 is 0 Å². The normalized spacial score (nSPS) is 11.4. The van der Waals surface area contributed by atoms with E-state index in [0.717, 1.165) is 50.3 Å². The van der Waals surface area contributed by atoms with Crippen LogP contribution in [0.4, 0.5) is 0 Å². The van der Waals surface area contributed by atoms with Gasteiger partial charge in [0.25, 0.3) is 0 Å². The molecule has 7 aromatic carbocycles. The van der Waals surface area contributed by atoms with Crippen LogP contribution in [0.25, 0.3) is 83.3 Å². The molecule has 47 heavy (non-hydrogen) atoms. The molecule has 0 saturated carbocycles. The fourth-order valence-electron chi connectivity index (χ4n) is 6.77. The Kier molecular flexibility index (Phi) is 6.46. The Bertz CT molecular complexity index is 2530. The molecule has 0 radical (unpaired) electrons. The molecule has 0 saturated heterocycles. The van der Waals surface area contributed by atoms with E-state index in [-0.39, 0.29) is 0 Å². The number of nitrogens with zero attached hydrogens (tertiary/aromatic N) is 3. The first-order valence-electron chi connectivity index (χ1n) is 15.9. The number of para-hydroxylation sites is 3. The Hall–Kier alpha value is -6.32. The Labute approximate surface area is 273 Å². The fraction of sp³-hybridized carbons (Fsp3) is 0. The molecule has 2 heterocycles. The molecule has 0 unspecified atom stereocenters.